The van der Waals surface area contributed by atoms with Crippen LogP contribution in [0.4, 0.5) is 0 Å². The molecule has 0 aromatic carbocycles. The number of hydrogen-bond donors (Lipinski definition) is 0. The first kappa shape index (κ1) is 13.7. The van der Waals surface area contributed by atoms with Gasteiger partial charge in [0.2, 0.25) is 0 Å². The molecule has 0 aromatic rings. The lowest BCUT2D eigenvalue weighted by Gasteiger charge is -2.29. The Balaban J connectivity index is 2.46. The molecule has 0 aliphatic carbocycles. The zero-order chi connectivity index (χ0) is 12.2. The number of rotatable bonds is 6. The van der Waals surface area contributed by atoms with Crippen molar-refractivity contribution in [2.45, 2.75) is 39.2 Å². The highest BCUT2D eigenvalue weighted by molar-refractivity contribution is 5.59. The third-order valence-electron chi connectivity index (χ3n) is 3.67. The second-order valence-electron chi connectivity index (χ2n) is 5.66. The van der Waals surface area contributed by atoms with Crippen LogP contribution < -0.4 is 0 Å². The summed E-state index contributed by atoms with van der Waals surface area (Å²) in [6.07, 6.45) is 4.47. The molecule has 2 unspecified atom stereocenters. The van der Waals surface area contributed by atoms with Gasteiger partial charge in [-0.25, -0.2) is 0 Å². The molecule has 3 heteroatoms. The molecule has 3 nitrogen and oxygen atoms in total. The molecule has 94 valence electrons. The minimum absolute atomic E-state index is 0.143. The lowest BCUT2D eigenvalue weighted by atomic mass is 9.87. The summed E-state index contributed by atoms with van der Waals surface area (Å²) in [5.74, 6) is 0. The van der Waals surface area contributed by atoms with Crippen LogP contribution in [0.25, 0.3) is 0 Å². The van der Waals surface area contributed by atoms with E-state index in [1.807, 2.05) is 0 Å². The van der Waals surface area contributed by atoms with Crippen LogP contribution >= 0.6 is 0 Å². The second kappa shape index (κ2) is 5.78. The second-order valence-corrected chi connectivity index (χ2v) is 5.66. The molecule has 0 radical (unpaired) electrons. The number of carbonyl (C=O) groups is 1. The van der Waals surface area contributed by atoms with E-state index in [2.05, 4.69) is 37.7 Å². The van der Waals surface area contributed by atoms with Crippen molar-refractivity contribution >= 4 is 6.29 Å². The SMILES string of the molecule is CCCC(C)(C=O)CN1CCC(N(C)C)C1. The van der Waals surface area contributed by atoms with Crippen molar-refractivity contribution in [3.63, 3.8) is 0 Å². The van der Waals surface area contributed by atoms with Crippen molar-refractivity contribution in [1.82, 2.24) is 9.80 Å². The van der Waals surface area contributed by atoms with E-state index >= 15 is 0 Å². The van der Waals surface area contributed by atoms with E-state index in [4.69, 9.17) is 0 Å². The van der Waals surface area contributed by atoms with Gasteiger partial charge in [0.15, 0.2) is 0 Å². The molecule has 0 N–H and O–H groups in total. The molecule has 16 heavy (non-hydrogen) atoms. The predicted octanol–water partition coefficient (Wildman–Crippen LogP) is 1.63. The summed E-state index contributed by atoms with van der Waals surface area (Å²) in [6.45, 7) is 7.41. The Bertz CT molecular complexity index is 230. The van der Waals surface area contributed by atoms with Gasteiger partial charge >= 0.3 is 0 Å². The number of likely N-dealkylation sites (tertiary alicyclic amines) is 1. The average Bonchev–Trinajstić information content (AvgIpc) is 2.66. The quantitative estimate of drug-likeness (QED) is 0.643. The number of nitrogens with zero attached hydrogens (tertiary/aromatic N) is 2. The number of aldehydes is 1. The van der Waals surface area contributed by atoms with Gasteiger partial charge in [-0.2, -0.15) is 0 Å². The first-order valence-electron chi connectivity index (χ1n) is 6.36. The van der Waals surface area contributed by atoms with Crippen LogP contribution in [0.2, 0.25) is 0 Å². The normalized spacial score (nSPS) is 25.9. The molecule has 2 atom stereocenters. The van der Waals surface area contributed by atoms with Gasteiger partial charge in [0, 0.05) is 24.5 Å². The molecule has 0 aromatic heterocycles. The summed E-state index contributed by atoms with van der Waals surface area (Å²) in [5, 5.41) is 0. The van der Waals surface area contributed by atoms with Crippen molar-refractivity contribution in [2.75, 3.05) is 33.7 Å². The third kappa shape index (κ3) is 3.56. The van der Waals surface area contributed by atoms with Crippen molar-refractivity contribution < 1.29 is 4.79 Å². The van der Waals surface area contributed by atoms with Crippen LogP contribution in [0, 0.1) is 5.41 Å². The third-order valence-corrected chi connectivity index (χ3v) is 3.67. The van der Waals surface area contributed by atoms with Gasteiger partial charge in [0.25, 0.3) is 0 Å². The van der Waals surface area contributed by atoms with Crippen LogP contribution in [0.1, 0.15) is 33.1 Å². The van der Waals surface area contributed by atoms with Gasteiger partial charge in [0.1, 0.15) is 6.29 Å². The minimum Gasteiger partial charge on any atom is -0.305 e. The highest BCUT2D eigenvalue weighted by atomic mass is 16.1. The highest BCUT2D eigenvalue weighted by Crippen LogP contribution is 2.24. The van der Waals surface area contributed by atoms with Crippen LogP contribution in [-0.4, -0.2) is 55.9 Å². The molecule has 0 saturated carbocycles. The molecule has 1 rings (SSSR count). The van der Waals surface area contributed by atoms with E-state index < -0.39 is 0 Å². The van der Waals surface area contributed by atoms with Crippen molar-refractivity contribution in [2.24, 2.45) is 5.41 Å². The van der Waals surface area contributed by atoms with Crippen LogP contribution in [-0.2, 0) is 4.79 Å². The molecular formula is C13H26N2O. The number of likely N-dealkylation sites (N-methyl/N-ethyl adjacent to an activating group) is 1. The first-order chi connectivity index (χ1) is 7.50. The number of hydrogen-bond acceptors (Lipinski definition) is 3. The first-order valence-corrected chi connectivity index (χ1v) is 6.36. The fourth-order valence-corrected chi connectivity index (χ4v) is 2.63. The Morgan fingerprint density at radius 1 is 1.50 bits per heavy atom. The minimum atomic E-state index is -0.143. The van der Waals surface area contributed by atoms with E-state index in [1.165, 1.54) is 6.42 Å². The van der Waals surface area contributed by atoms with E-state index in [-0.39, 0.29) is 5.41 Å². The smallest absolute Gasteiger partial charge is 0.127 e. The molecular weight excluding hydrogens is 200 g/mol. The van der Waals surface area contributed by atoms with Gasteiger partial charge in [-0.05, 0) is 33.5 Å². The Morgan fingerprint density at radius 3 is 2.62 bits per heavy atom. The summed E-state index contributed by atoms with van der Waals surface area (Å²) in [7, 11) is 4.28. The van der Waals surface area contributed by atoms with Crippen LogP contribution in [0.15, 0.2) is 0 Å². The van der Waals surface area contributed by atoms with Gasteiger partial charge in [0.05, 0.1) is 0 Å². The molecule has 0 bridgehead atoms. The van der Waals surface area contributed by atoms with Crippen LogP contribution in [0.5, 0.6) is 0 Å². The fourth-order valence-electron chi connectivity index (χ4n) is 2.63. The molecule has 1 aliphatic heterocycles. The van der Waals surface area contributed by atoms with E-state index in [9.17, 15) is 4.79 Å². The molecule has 0 spiro atoms. The van der Waals surface area contributed by atoms with Crippen LogP contribution in [0.3, 0.4) is 0 Å². The Morgan fingerprint density at radius 2 is 2.19 bits per heavy atom. The van der Waals surface area contributed by atoms with Crippen molar-refractivity contribution in [3.05, 3.63) is 0 Å². The lowest BCUT2D eigenvalue weighted by Crippen LogP contribution is -2.38. The Labute approximate surface area is 99.8 Å². The van der Waals surface area contributed by atoms with Gasteiger partial charge in [-0.15, -0.1) is 0 Å². The summed E-state index contributed by atoms with van der Waals surface area (Å²) in [4.78, 5) is 15.9. The van der Waals surface area contributed by atoms with Gasteiger partial charge in [-0.3, -0.25) is 0 Å². The summed E-state index contributed by atoms with van der Waals surface area (Å²) in [5.41, 5.74) is -0.143. The lowest BCUT2D eigenvalue weighted by molar-refractivity contribution is -0.116. The zero-order valence-corrected chi connectivity index (χ0v) is 11.2. The van der Waals surface area contributed by atoms with Gasteiger partial charge < -0.3 is 14.6 Å². The summed E-state index contributed by atoms with van der Waals surface area (Å²) >= 11 is 0. The summed E-state index contributed by atoms with van der Waals surface area (Å²) in [6, 6.07) is 0.664. The molecule has 1 fully saturated rings. The Hall–Kier alpha value is -0.410. The fraction of sp³-hybridized carbons (Fsp3) is 0.923. The molecule has 1 saturated heterocycles. The maximum atomic E-state index is 11.2. The predicted molar refractivity (Wildman–Crippen MR) is 67.6 cm³/mol. The van der Waals surface area contributed by atoms with Gasteiger partial charge in [-0.1, -0.05) is 20.3 Å². The summed E-state index contributed by atoms with van der Waals surface area (Å²) < 4.78 is 0. The van der Waals surface area contributed by atoms with E-state index in [0.29, 0.717) is 6.04 Å². The molecule has 0 amide bonds. The van der Waals surface area contributed by atoms with E-state index in [0.717, 1.165) is 38.8 Å². The molecule has 1 aliphatic rings. The monoisotopic (exact) mass is 226 g/mol. The largest absolute Gasteiger partial charge is 0.305 e. The highest BCUT2D eigenvalue weighted by Gasteiger charge is 2.30. The maximum Gasteiger partial charge on any atom is 0.127 e. The topological polar surface area (TPSA) is 23.6 Å². The maximum absolute atomic E-state index is 11.2. The zero-order valence-electron chi connectivity index (χ0n) is 11.2. The Kier molecular flexibility index (Phi) is 4.93. The standard InChI is InChI=1S/C13H26N2O/c1-5-7-13(2,11-16)10-15-8-6-12(9-15)14(3)4/h11-12H,5-10H2,1-4H3. The number of carbonyl (C=O) groups excluding carboxylic acids is 1. The average molecular weight is 226 g/mol. The van der Waals surface area contributed by atoms with Crippen molar-refractivity contribution in [3.8, 4) is 0 Å². The van der Waals surface area contributed by atoms with Crippen molar-refractivity contribution in [1.29, 1.82) is 0 Å². The van der Waals surface area contributed by atoms with E-state index in [1.54, 1.807) is 0 Å². The molecule has 1 heterocycles.